The number of furan rings is 1. The van der Waals surface area contributed by atoms with Crippen molar-refractivity contribution in [3.05, 3.63) is 53.2 Å². The SMILES string of the molecule is Cc1ccnc([C@@H](NC(=O)c2coc(CN3CCOCC3)c2)C2CC2)c1. The molecule has 1 atom stereocenters. The van der Waals surface area contributed by atoms with Crippen molar-refractivity contribution in [3.8, 4) is 0 Å². The van der Waals surface area contributed by atoms with Gasteiger partial charge in [-0.25, -0.2) is 0 Å². The molecule has 6 nitrogen and oxygen atoms in total. The molecule has 0 unspecified atom stereocenters. The van der Waals surface area contributed by atoms with Gasteiger partial charge in [0.25, 0.3) is 5.91 Å². The maximum absolute atomic E-state index is 12.7. The van der Waals surface area contributed by atoms with E-state index in [9.17, 15) is 4.79 Å². The Balaban J connectivity index is 1.42. The lowest BCUT2D eigenvalue weighted by atomic mass is 10.1. The molecule has 2 aliphatic rings. The lowest BCUT2D eigenvalue weighted by molar-refractivity contribution is 0.0313. The number of nitrogens with one attached hydrogen (secondary N) is 1. The number of amides is 1. The average Bonchev–Trinajstić information content (AvgIpc) is 3.39. The number of hydrogen-bond donors (Lipinski definition) is 1. The van der Waals surface area contributed by atoms with Gasteiger partial charge >= 0.3 is 0 Å². The molecule has 0 spiro atoms. The number of nitrogens with zero attached hydrogens (tertiary/aromatic N) is 2. The Labute approximate surface area is 153 Å². The minimum Gasteiger partial charge on any atom is -0.467 e. The Morgan fingerprint density at radius 1 is 1.35 bits per heavy atom. The molecule has 1 aliphatic heterocycles. The first-order valence-corrected chi connectivity index (χ1v) is 9.30. The second-order valence-electron chi connectivity index (χ2n) is 7.24. The van der Waals surface area contributed by atoms with Gasteiger partial charge in [-0.15, -0.1) is 0 Å². The molecule has 6 heteroatoms. The fourth-order valence-electron chi connectivity index (χ4n) is 3.38. The number of ether oxygens (including phenoxy) is 1. The van der Waals surface area contributed by atoms with Crippen LogP contribution in [0, 0.1) is 12.8 Å². The lowest BCUT2D eigenvalue weighted by Crippen LogP contribution is -2.35. The van der Waals surface area contributed by atoms with E-state index in [0.29, 0.717) is 18.0 Å². The summed E-state index contributed by atoms with van der Waals surface area (Å²) in [4.78, 5) is 19.5. The van der Waals surface area contributed by atoms with Crippen molar-refractivity contribution in [1.29, 1.82) is 0 Å². The molecule has 138 valence electrons. The number of aryl methyl sites for hydroxylation is 1. The van der Waals surface area contributed by atoms with E-state index in [1.807, 2.05) is 25.3 Å². The fraction of sp³-hybridized carbons (Fsp3) is 0.500. The van der Waals surface area contributed by atoms with E-state index in [1.54, 1.807) is 6.26 Å². The molecule has 2 aromatic heterocycles. The topological polar surface area (TPSA) is 67.6 Å². The minimum absolute atomic E-state index is 0.0278. The van der Waals surface area contributed by atoms with Crippen molar-refractivity contribution in [2.75, 3.05) is 26.3 Å². The Bertz CT molecular complexity index is 763. The molecule has 1 amide bonds. The first-order chi connectivity index (χ1) is 12.7. The quantitative estimate of drug-likeness (QED) is 0.863. The summed E-state index contributed by atoms with van der Waals surface area (Å²) in [5, 5.41) is 3.16. The van der Waals surface area contributed by atoms with E-state index in [0.717, 1.165) is 56.2 Å². The van der Waals surface area contributed by atoms with Crippen molar-refractivity contribution in [3.63, 3.8) is 0 Å². The van der Waals surface area contributed by atoms with Gasteiger partial charge in [0.05, 0.1) is 37.1 Å². The predicted molar refractivity (Wildman–Crippen MR) is 96.7 cm³/mol. The normalized spacial score (nSPS) is 19.3. The van der Waals surface area contributed by atoms with Crippen LogP contribution in [0.2, 0.25) is 0 Å². The molecule has 1 aliphatic carbocycles. The predicted octanol–water partition coefficient (Wildman–Crippen LogP) is 2.70. The molecule has 4 rings (SSSR count). The first-order valence-electron chi connectivity index (χ1n) is 9.30. The van der Waals surface area contributed by atoms with Crippen LogP contribution in [-0.4, -0.2) is 42.1 Å². The Hall–Kier alpha value is -2.18. The van der Waals surface area contributed by atoms with E-state index in [-0.39, 0.29) is 11.9 Å². The molecular weight excluding hydrogens is 330 g/mol. The van der Waals surface area contributed by atoms with Crippen LogP contribution in [0.4, 0.5) is 0 Å². The number of carbonyl (C=O) groups is 1. The van der Waals surface area contributed by atoms with Gasteiger partial charge < -0.3 is 14.5 Å². The van der Waals surface area contributed by atoms with Crippen LogP contribution >= 0.6 is 0 Å². The summed E-state index contributed by atoms with van der Waals surface area (Å²) in [6.45, 7) is 6.05. The first kappa shape index (κ1) is 17.2. The second-order valence-corrected chi connectivity index (χ2v) is 7.24. The standard InChI is InChI=1S/C20H25N3O3/c1-14-4-5-21-18(10-14)19(15-2-3-15)22-20(24)16-11-17(26-13-16)12-23-6-8-25-9-7-23/h4-5,10-11,13,15,19H,2-3,6-9,12H2,1H3,(H,22,24)/t19-/m0/s1. The summed E-state index contributed by atoms with van der Waals surface area (Å²) in [6.07, 6.45) is 5.63. The van der Waals surface area contributed by atoms with Crippen LogP contribution in [0.3, 0.4) is 0 Å². The molecule has 3 heterocycles. The van der Waals surface area contributed by atoms with Crippen molar-refractivity contribution in [1.82, 2.24) is 15.2 Å². The third-order valence-electron chi connectivity index (χ3n) is 5.03. The van der Waals surface area contributed by atoms with E-state index < -0.39 is 0 Å². The van der Waals surface area contributed by atoms with E-state index in [1.165, 1.54) is 0 Å². The highest BCUT2D eigenvalue weighted by molar-refractivity contribution is 5.94. The van der Waals surface area contributed by atoms with Gasteiger partial charge in [-0.1, -0.05) is 0 Å². The minimum atomic E-state index is -0.0952. The average molecular weight is 355 g/mol. The highest BCUT2D eigenvalue weighted by Crippen LogP contribution is 2.40. The van der Waals surface area contributed by atoms with Crippen molar-refractivity contribution in [2.24, 2.45) is 5.92 Å². The molecule has 0 aromatic carbocycles. The molecule has 2 fully saturated rings. The summed E-state index contributed by atoms with van der Waals surface area (Å²) in [6, 6.07) is 5.85. The zero-order valence-corrected chi connectivity index (χ0v) is 15.1. The van der Waals surface area contributed by atoms with Gasteiger partial charge in [0, 0.05) is 19.3 Å². The second kappa shape index (κ2) is 7.60. The van der Waals surface area contributed by atoms with E-state index in [2.05, 4.69) is 21.3 Å². The van der Waals surface area contributed by atoms with E-state index >= 15 is 0 Å². The zero-order chi connectivity index (χ0) is 17.9. The van der Waals surface area contributed by atoms with Crippen molar-refractivity contribution < 1.29 is 13.9 Å². The number of carbonyl (C=O) groups excluding carboxylic acids is 1. The zero-order valence-electron chi connectivity index (χ0n) is 15.1. The maximum Gasteiger partial charge on any atom is 0.255 e. The molecule has 0 radical (unpaired) electrons. The van der Waals surface area contributed by atoms with Crippen molar-refractivity contribution >= 4 is 5.91 Å². The fourth-order valence-corrected chi connectivity index (χ4v) is 3.38. The molecule has 2 aromatic rings. The smallest absolute Gasteiger partial charge is 0.255 e. The summed E-state index contributed by atoms with van der Waals surface area (Å²) in [5.41, 5.74) is 2.68. The van der Waals surface area contributed by atoms with Crippen LogP contribution in [0.25, 0.3) is 0 Å². The van der Waals surface area contributed by atoms with Crippen LogP contribution in [0.1, 0.15) is 46.3 Å². The molecule has 0 bridgehead atoms. The van der Waals surface area contributed by atoms with Gasteiger partial charge in [0.1, 0.15) is 12.0 Å². The molecular formula is C20H25N3O3. The van der Waals surface area contributed by atoms with Gasteiger partial charge in [0.2, 0.25) is 0 Å². The molecule has 26 heavy (non-hydrogen) atoms. The highest BCUT2D eigenvalue weighted by Gasteiger charge is 2.34. The van der Waals surface area contributed by atoms with Crippen LogP contribution in [0.15, 0.2) is 35.1 Å². The van der Waals surface area contributed by atoms with E-state index in [4.69, 9.17) is 9.15 Å². The van der Waals surface area contributed by atoms with Gasteiger partial charge in [-0.2, -0.15) is 0 Å². The highest BCUT2D eigenvalue weighted by atomic mass is 16.5. The number of aromatic nitrogens is 1. The summed E-state index contributed by atoms with van der Waals surface area (Å²) in [7, 11) is 0. The summed E-state index contributed by atoms with van der Waals surface area (Å²) < 4.78 is 11.0. The summed E-state index contributed by atoms with van der Waals surface area (Å²) in [5.74, 6) is 1.20. The van der Waals surface area contributed by atoms with Crippen molar-refractivity contribution in [2.45, 2.75) is 32.4 Å². The Morgan fingerprint density at radius 2 is 2.15 bits per heavy atom. The largest absolute Gasteiger partial charge is 0.467 e. The van der Waals surface area contributed by atoms with Gasteiger partial charge in [0.15, 0.2) is 0 Å². The lowest BCUT2D eigenvalue weighted by Gasteiger charge is -2.25. The maximum atomic E-state index is 12.7. The monoisotopic (exact) mass is 355 g/mol. The molecule has 1 saturated carbocycles. The number of rotatable bonds is 6. The number of morpholine rings is 1. The van der Waals surface area contributed by atoms with Crippen LogP contribution < -0.4 is 5.32 Å². The molecule has 1 N–H and O–H groups in total. The number of pyridine rings is 1. The van der Waals surface area contributed by atoms with Gasteiger partial charge in [-0.05, 0) is 49.4 Å². The molecule has 1 saturated heterocycles. The van der Waals surface area contributed by atoms with Crippen LogP contribution in [0.5, 0.6) is 0 Å². The third-order valence-corrected chi connectivity index (χ3v) is 5.03. The third kappa shape index (κ3) is 4.14. The Morgan fingerprint density at radius 3 is 2.88 bits per heavy atom. The van der Waals surface area contributed by atoms with Gasteiger partial charge in [-0.3, -0.25) is 14.7 Å². The Kier molecular flexibility index (Phi) is 5.04. The number of hydrogen-bond acceptors (Lipinski definition) is 5. The summed E-state index contributed by atoms with van der Waals surface area (Å²) >= 11 is 0. The van der Waals surface area contributed by atoms with Crippen LogP contribution in [-0.2, 0) is 11.3 Å².